The fourth-order valence-corrected chi connectivity index (χ4v) is 4.17. The van der Waals surface area contributed by atoms with E-state index in [0.717, 1.165) is 42.7 Å². The Labute approximate surface area is 122 Å². The van der Waals surface area contributed by atoms with E-state index in [1.165, 1.54) is 0 Å². The standard InChI is InChI=1S/C12H21N3O2S2/c1-9(2)15-10(16)13-14-11(15)19-8-12(7-18)3-5-17-6-4-12/h9,18H,3-8H2,1-2H3,(H,13,16). The number of aromatic nitrogens is 3. The van der Waals surface area contributed by atoms with Gasteiger partial charge in [0.1, 0.15) is 0 Å². The topological polar surface area (TPSA) is 59.9 Å². The van der Waals surface area contributed by atoms with Crippen molar-refractivity contribution in [2.75, 3.05) is 24.7 Å². The zero-order valence-electron chi connectivity index (χ0n) is 11.4. The third kappa shape index (κ3) is 3.38. The number of H-pyrrole nitrogens is 1. The van der Waals surface area contributed by atoms with E-state index in [2.05, 4.69) is 22.8 Å². The lowest BCUT2D eigenvalue weighted by atomic mass is 9.84. The Hall–Kier alpha value is -0.400. The summed E-state index contributed by atoms with van der Waals surface area (Å²) < 4.78 is 7.13. The minimum Gasteiger partial charge on any atom is -0.381 e. The molecule has 1 N–H and O–H groups in total. The van der Waals surface area contributed by atoms with Gasteiger partial charge in [-0.2, -0.15) is 12.6 Å². The van der Waals surface area contributed by atoms with Crippen LogP contribution in [0.1, 0.15) is 32.7 Å². The van der Waals surface area contributed by atoms with E-state index in [9.17, 15) is 4.79 Å². The van der Waals surface area contributed by atoms with Crippen LogP contribution in [-0.4, -0.2) is 39.5 Å². The van der Waals surface area contributed by atoms with Gasteiger partial charge in [-0.1, -0.05) is 11.8 Å². The molecule has 1 aromatic rings. The van der Waals surface area contributed by atoms with E-state index in [1.54, 1.807) is 16.3 Å². The molecule has 1 fully saturated rings. The molecule has 5 nitrogen and oxygen atoms in total. The first-order chi connectivity index (χ1) is 9.08. The van der Waals surface area contributed by atoms with Crippen LogP contribution in [-0.2, 0) is 4.74 Å². The van der Waals surface area contributed by atoms with E-state index in [-0.39, 0.29) is 17.1 Å². The van der Waals surface area contributed by atoms with E-state index >= 15 is 0 Å². The summed E-state index contributed by atoms with van der Waals surface area (Å²) >= 11 is 6.14. The summed E-state index contributed by atoms with van der Waals surface area (Å²) in [6.45, 7) is 5.59. The molecule has 19 heavy (non-hydrogen) atoms. The van der Waals surface area contributed by atoms with Crippen LogP contribution in [0.5, 0.6) is 0 Å². The Morgan fingerprint density at radius 1 is 1.53 bits per heavy atom. The van der Waals surface area contributed by atoms with Crippen LogP contribution in [0, 0.1) is 5.41 Å². The lowest BCUT2D eigenvalue weighted by molar-refractivity contribution is 0.0370. The zero-order valence-corrected chi connectivity index (χ0v) is 13.1. The zero-order chi connectivity index (χ0) is 13.9. The summed E-state index contributed by atoms with van der Waals surface area (Å²) in [6, 6.07) is 0.121. The van der Waals surface area contributed by atoms with Crippen LogP contribution in [0.2, 0.25) is 0 Å². The third-order valence-corrected chi connectivity index (χ3v) is 5.56. The number of rotatable bonds is 5. The van der Waals surface area contributed by atoms with Crippen molar-refractivity contribution in [2.24, 2.45) is 5.41 Å². The van der Waals surface area contributed by atoms with Crippen LogP contribution < -0.4 is 5.69 Å². The van der Waals surface area contributed by atoms with Crippen molar-refractivity contribution < 1.29 is 4.74 Å². The second kappa shape index (κ2) is 6.37. The summed E-state index contributed by atoms with van der Waals surface area (Å²) in [6.07, 6.45) is 2.06. The van der Waals surface area contributed by atoms with Gasteiger partial charge in [0, 0.05) is 25.0 Å². The molecule has 7 heteroatoms. The summed E-state index contributed by atoms with van der Waals surface area (Å²) in [5.41, 5.74) is 0.0624. The molecule has 0 atom stereocenters. The number of thioether (sulfide) groups is 1. The molecule has 0 aromatic carbocycles. The Morgan fingerprint density at radius 3 is 2.79 bits per heavy atom. The average Bonchev–Trinajstić information content (AvgIpc) is 2.79. The largest absolute Gasteiger partial charge is 0.381 e. The summed E-state index contributed by atoms with van der Waals surface area (Å²) in [4.78, 5) is 11.7. The van der Waals surface area contributed by atoms with Crippen molar-refractivity contribution in [1.82, 2.24) is 14.8 Å². The van der Waals surface area contributed by atoms with Gasteiger partial charge in [-0.05, 0) is 37.9 Å². The number of aromatic amines is 1. The van der Waals surface area contributed by atoms with Gasteiger partial charge in [-0.3, -0.25) is 4.57 Å². The highest BCUT2D eigenvalue weighted by Gasteiger charge is 2.32. The predicted octanol–water partition coefficient (Wildman–Crippen LogP) is 1.97. The average molecular weight is 303 g/mol. The summed E-state index contributed by atoms with van der Waals surface area (Å²) in [5, 5.41) is 7.42. The molecule has 0 saturated carbocycles. The van der Waals surface area contributed by atoms with Gasteiger partial charge in [0.2, 0.25) is 0 Å². The highest BCUT2D eigenvalue weighted by atomic mass is 32.2. The van der Waals surface area contributed by atoms with Crippen LogP contribution in [0.25, 0.3) is 0 Å². The van der Waals surface area contributed by atoms with Crippen LogP contribution in [0.15, 0.2) is 9.95 Å². The molecule has 2 heterocycles. The second-order valence-electron chi connectivity index (χ2n) is 5.33. The van der Waals surface area contributed by atoms with Gasteiger partial charge in [0.15, 0.2) is 5.16 Å². The van der Waals surface area contributed by atoms with Gasteiger partial charge in [-0.25, -0.2) is 9.89 Å². The Kier molecular flexibility index (Phi) is 5.03. The number of hydrogen-bond acceptors (Lipinski definition) is 5. The first-order valence-corrected chi connectivity index (χ1v) is 8.18. The third-order valence-electron chi connectivity index (χ3n) is 3.58. The van der Waals surface area contributed by atoms with Crippen LogP contribution >= 0.6 is 24.4 Å². The molecule has 0 amide bonds. The minimum atomic E-state index is -0.135. The van der Waals surface area contributed by atoms with Crippen molar-refractivity contribution in [3.63, 3.8) is 0 Å². The molecule has 1 saturated heterocycles. The predicted molar refractivity (Wildman–Crippen MR) is 80.3 cm³/mol. The number of thiol groups is 1. The van der Waals surface area contributed by atoms with Crippen molar-refractivity contribution >= 4 is 24.4 Å². The lowest BCUT2D eigenvalue weighted by Gasteiger charge is -2.35. The highest BCUT2D eigenvalue weighted by molar-refractivity contribution is 7.99. The summed E-state index contributed by atoms with van der Waals surface area (Å²) in [7, 11) is 0. The quantitative estimate of drug-likeness (QED) is 0.645. The minimum absolute atomic E-state index is 0.121. The fraction of sp³-hybridized carbons (Fsp3) is 0.833. The molecular formula is C12H21N3O2S2. The maximum atomic E-state index is 11.7. The first kappa shape index (κ1) is 15.0. The molecule has 108 valence electrons. The highest BCUT2D eigenvalue weighted by Crippen LogP contribution is 2.37. The first-order valence-electron chi connectivity index (χ1n) is 6.56. The van der Waals surface area contributed by atoms with Crippen LogP contribution in [0.3, 0.4) is 0 Å². The number of ether oxygens (including phenoxy) is 1. The molecule has 1 aromatic heterocycles. The molecule has 0 aliphatic carbocycles. The van der Waals surface area contributed by atoms with Crippen molar-refractivity contribution in [1.29, 1.82) is 0 Å². The van der Waals surface area contributed by atoms with Crippen molar-refractivity contribution in [2.45, 2.75) is 37.9 Å². The maximum Gasteiger partial charge on any atom is 0.344 e. The second-order valence-corrected chi connectivity index (χ2v) is 6.59. The van der Waals surface area contributed by atoms with E-state index in [1.807, 2.05) is 13.8 Å². The molecule has 1 aliphatic rings. The number of hydrogen-bond donors (Lipinski definition) is 2. The van der Waals surface area contributed by atoms with E-state index < -0.39 is 0 Å². The lowest BCUT2D eigenvalue weighted by Crippen LogP contribution is -2.33. The Balaban J connectivity index is 2.07. The monoisotopic (exact) mass is 303 g/mol. The van der Waals surface area contributed by atoms with Gasteiger partial charge < -0.3 is 4.74 Å². The van der Waals surface area contributed by atoms with Gasteiger partial charge in [0.25, 0.3) is 0 Å². The van der Waals surface area contributed by atoms with E-state index in [0.29, 0.717) is 0 Å². The van der Waals surface area contributed by atoms with Crippen molar-refractivity contribution in [3.8, 4) is 0 Å². The molecule has 0 spiro atoms. The molecule has 0 radical (unpaired) electrons. The number of nitrogens with one attached hydrogen (secondary N) is 1. The normalized spacial score (nSPS) is 18.9. The van der Waals surface area contributed by atoms with E-state index in [4.69, 9.17) is 4.74 Å². The Morgan fingerprint density at radius 2 is 2.21 bits per heavy atom. The van der Waals surface area contributed by atoms with Crippen LogP contribution in [0.4, 0.5) is 0 Å². The summed E-state index contributed by atoms with van der Waals surface area (Å²) in [5.74, 6) is 1.77. The molecule has 1 aliphatic heterocycles. The van der Waals surface area contributed by atoms with Gasteiger partial charge in [0.05, 0.1) is 0 Å². The fourth-order valence-electron chi connectivity index (χ4n) is 2.22. The molecular weight excluding hydrogens is 282 g/mol. The SMILES string of the molecule is CC(C)n1c(SCC2(CS)CCOCC2)n[nH]c1=O. The van der Waals surface area contributed by atoms with Crippen molar-refractivity contribution in [3.05, 3.63) is 10.5 Å². The molecule has 0 bridgehead atoms. The van der Waals surface area contributed by atoms with Gasteiger partial charge >= 0.3 is 5.69 Å². The van der Waals surface area contributed by atoms with Gasteiger partial charge in [-0.15, -0.1) is 5.10 Å². The Bertz CT molecular complexity index is 464. The number of nitrogens with zero attached hydrogens (tertiary/aromatic N) is 2. The maximum absolute atomic E-state index is 11.7. The molecule has 2 rings (SSSR count). The smallest absolute Gasteiger partial charge is 0.344 e. The molecule has 0 unspecified atom stereocenters.